The number of phenolic OH excluding ortho intramolecular Hbond substituents is 1. The molecule has 120 valence electrons. The zero-order chi connectivity index (χ0) is 17.0. The Hall–Kier alpha value is -2.70. The fourth-order valence-electron chi connectivity index (χ4n) is 2.07. The molecule has 2 atom stereocenters. The number of hydrogen-bond acceptors (Lipinski definition) is 6. The predicted octanol–water partition coefficient (Wildman–Crippen LogP) is 1.59. The molecule has 3 N–H and O–H groups in total. The Morgan fingerprint density at radius 3 is 2.17 bits per heavy atom. The first-order chi connectivity index (χ1) is 10.9. The summed E-state index contributed by atoms with van der Waals surface area (Å²) in [5.41, 5.74) is 0.202. The minimum Gasteiger partial charge on any atom is -0.507 e. The summed E-state index contributed by atoms with van der Waals surface area (Å²) < 4.78 is 4.86. The molecule has 0 spiro atoms. The monoisotopic (exact) mass is 316 g/mol. The van der Waals surface area contributed by atoms with Gasteiger partial charge in [0.1, 0.15) is 23.7 Å². The number of rotatable bonds is 5. The van der Waals surface area contributed by atoms with Gasteiger partial charge in [-0.15, -0.1) is 0 Å². The molecule has 2 aromatic carbocycles. The highest BCUT2D eigenvalue weighted by Gasteiger charge is 2.28. The van der Waals surface area contributed by atoms with Crippen molar-refractivity contribution in [3.63, 3.8) is 0 Å². The number of benzene rings is 2. The van der Waals surface area contributed by atoms with E-state index in [1.165, 1.54) is 43.3 Å². The summed E-state index contributed by atoms with van der Waals surface area (Å²) >= 11 is 0. The molecule has 2 unspecified atom stereocenters. The van der Waals surface area contributed by atoms with Crippen molar-refractivity contribution in [2.45, 2.75) is 19.1 Å². The zero-order valence-corrected chi connectivity index (χ0v) is 12.3. The molecule has 0 fully saturated rings. The van der Waals surface area contributed by atoms with Crippen LogP contribution in [0.4, 0.5) is 0 Å². The van der Waals surface area contributed by atoms with Crippen molar-refractivity contribution in [2.24, 2.45) is 0 Å². The van der Waals surface area contributed by atoms with Crippen LogP contribution in [-0.4, -0.2) is 33.2 Å². The van der Waals surface area contributed by atoms with Crippen LogP contribution in [0.5, 0.6) is 11.5 Å². The summed E-state index contributed by atoms with van der Waals surface area (Å²) in [4.78, 5) is 23.0. The molecule has 0 aliphatic rings. The highest BCUT2D eigenvalue weighted by molar-refractivity contribution is 6.01. The average molecular weight is 316 g/mol. The number of carbonyl (C=O) groups is 2. The number of aromatic hydroxyl groups is 1. The number of ketones is 1. The number of aliphatic hydroxyl groups excluding tert-OH is 2. The average Bonchev–Trinajstić information content (AvgIpc) is 2.53. The second-order valence-electron chi connectivity index (χ2n) is 4.93. The van der Waals surface area contributed by atoms with Gasteiger partial charge < -0.3 is 20.1 Å². The Bertz CT molecular complexity index is 707. The Kier molecular flexibility index (Phi) is 5.10. The molecule has 0 heterocycles. The molecular weight excluding hydrogens is 300 g/mol. The lowest BCUT2D eigenvalue weighted by Gasteiger charge is -2.18. The third kappa shape index (κ3) is 3.94. The lowest BCUT2D eigenvalue weighted by molar-refractivity contribution is -0.131. The minimum atomic E-state index is -1.73. The van der Waals surface area contributed by atoms with E-state index in [0.717, 1.165) is 0 Å². The van der Waals surface area contributed by atoms with Crippen LogP contribution >= 0.6 is 0 Å². The molecule has 0 aliphatic heterocycles. The number of aliphatic hydroxyl groups is 2. The second-order valence-corrected chi connectivity index (χ2v) is 4.93. The van der Waals surface area contributed by atoms with Crippen molar-refractivity contribution in [3.05, 3.63) is 59.7 Å². The van der Waals surface area contributed by atoms with Gasteiger partial charge in [-0.3, -0.25) is 9.59 Å². The first-order valence-corrected chi connectivity index (χ1v) is 6.87. The Morgan fingerprint density at radius 2 is 1.61 bits per heavy atom. The Labute approximate surface area is 132 Å². The SMILES string of the molecule is CC(=O)Oc1ccc(C(O)C(O)C(=O)c2ccccc2O)cc1. The van der Waals surface area contributed by atoms with Crippen LogP contribution in [0.25, 0.3) is 0 Å². The summed E-state index contributed by atoms with van der Waals surface area (Å²) in [6.45, 7) is 1.26. The van der Waals surface area contributed by atoms with Gasteiger partial charge in [0.15, 0.2) is 5.78 Å². The van der Waals surface area contributed by atoms with Crippen molar-refractivity contribution in [2.75, 3.05) is 0 Å². The molecule has 0 saturated heterocycles. The van der Waals surface area contributed by atoms with E-state index in [4.69, 9.17) is 4.74 Å². The van der Waals surface area contributed by atoms with Crippen LogP contribution in [-0.2, 0) is 4.79 Å². The molecule has 2 aromatic rings. The molecule has 6 heteroatoms. The first-order valence-electron chi connectivity index (χ1n) is 6.87. The molecule has 0 aromatic heterocycles. The zero-order valence-electron chi connectivity index (χ0n) is 12.3. The molecule has 0 aliphatic carbocycles. The fourth-order valence-corrected chi connectivity index (χ4v) is 2.07. The van der Waals surface area contributed by atoms with Gasteiger partial charge in [-0.25, -0.2) is 0 Å². The van der Waals surface area contributed by atoms with Crippen molar-refractivity contribution in [1.82, 2.24) is 0 Å². The second kappa shape index (κ2) is 7.04. The van der Waals surface area contributed by atoms with Gasteiger partial charge in [-0.1, -0.05) is 24.3 Å². The van der Waals surface area contributed by atoms with Crippen LogP contribution in [0, 0.1) is 0 Å². The molecule has 0 amide bonds. The predicted molar refractivity (Wildman–Crippen MR) is 81.2 cm³/mol. The maximum Gasteiger partial charge on any atom is 0.308 e. The van der Waals surface area contributed by atoms with Gasteiger partial charge in [-0.2, -0.15) is 0 Å². The number of para-hydroxylation sites is 1. The smallest absolute Gasteiger partial charge is 0.308 e. The van der Waals surface area contributed by atoms with E-state index in [-0.39, 0.29) is 22.6 Å². The van der Waals surface area contributed by atoms with Gasteiger partial charge in [0.05, 0.1) is 5.56 Å². The van der Waals surface area contributed by atoms with Crippen LogP contribution in [0.15, 0.2) is 48.5 Å². The minimum absolute atomic E-state index is 0.0735. The van der Waals surface area contributed by atoms with Crippen LogP contribution < -0.4 is 4.74 Å². The third-order valence-electron chi connectivity index (χ3n) is 3.22. The van der Waals surface area contributed by atoms with E-state index in [0.29, 0.717) is 0 Å². The molecule has 6 nitrogen and oxygen atoms in total. The molecule has 23 heavy (non-hydrogen) atoms. The highest BCUT2D eigenvalue weighted by atomic mass is 16.5. The van der Waals surface area contributed by atoms with E-state index in [1.807, 2.05) is 0 Å². The highest BCUT2D eigenvalue weighted by Crippen LogP contribution is 2.25. The third-order valence-corrected chi connectivity index (χ3v) is 3.22. The number of esters is 1. The van der Waals surface area contributed by atoms with E-state index >= 15 is 0 Å². The molecule has 0 radical (unpaired) electrons. The standard InChI is InChI=1S/C17H16O6/c1-10(18)23-12-8-6-11(7-9-12)15(20)17(22)16(21)13-4-2-3-5-14(13)19/h2-9,15,17,19-20,22H,1H3. The lowest BCUT2D eigenvalue weighted by Crippen LogP contribution is -2.28. The van der Waals surface area contributed by atoms with Crippen LogP contribution in [0.1, 0.15) is 28.9 Å². The molecule has 0 saturated carbocycles. The fraction of sp³-hybridized carbons (Fsp3) is 0.176. The van der Waals surface area contributed by atoms with Crippen molar-refractivity contribution in [3.8, 4) is 11.5 Å². The van der Waals surface area contributed by atoms with Crippen molar-refractivity contribution in [1.29, 1.82) is 0 Å². The topological polar surface area (TPSA) is 104 Å². The Morgan fingerprint density at radius 1 is 1.00 bits per heavy atom. The molecular formula is C17H16O6. The van der Waals surface area contributed by atoms with E-state index in [1.54, 1.807) is 12.1 Å². The maximum atomic E-state index is 12.2. The number of ether oxygens (including phenoxy) is 1. The van der Waals surface area contributed by atoms with Crippen LogP contribution in [0.2, 0.25) is 0 Å². The lowest BCUT2D eigenvalue weighted by atomic mass is 9.97. The number of phenols is 1. The van der Waals surface area contributed by atoms with Crippen molar-refractivity contribution < 1.29 is 29.6 Å². The summed E-state index contributed by atoms with van der Waals surface area (Å²) in [5.74, 6) is -1.25. The van der Waals surface area contributed by atoms with E-state index in [2.05, 4.69) is 0 Å². The van der Waals surface area contributed by atoms with Gasteiger partial charge in [0, 0.05) is 6.92 Å². The van der Waals surface area contributed by atoms with Gasteiger partial charge >= 0.3 is 5.97 Å². The molecule has 0 bridgehead atoms. The Balaban J connectivity index is 2.16. The summed E-state index contributed by atoms with van der Waals surface area (Å²) in [5, 5.41) is 29.8. The largest absolute Gasteiger partial charge is 0.507 e. The van der Waals surface area contributed by atoms with Gasteiger partial charge in [0.25, 0.3) is 0 Å². The number of Topliss-reactive ketones (excluding diaryl/α,β-unsaturated/α-hetero) is 1. The number of carbonyl (C=O) groups excluding carboxylic acids is 2. The normalized spacial score (nSPS) is 13.2. The molecule has 2 rings (SSSR count). The first kappa shape index (κ1) is 16.7. The van der Waals surface area contributed by atoms with Gasteiger partial charge in [-0.05, 0) is 29.8 Å². The number of hydrogen-bond donors (Lipinski definition) is 3. The summed E-state index contributed by atoms with van der Waals surface area (Å²) in [6.07, 6.45) is -3.21. The van der Waals surface area contributed by atoms with Gasteiger partial charge in [0.2, 0.25) is 0 Å². The quantitative estimate of drug-likeness (QED) is 0.440. The maximum absolute atomic E-state index is 12.2. The van der Waals surface area contributed by atoms with Crippen LogP contribution in [0.3, 0.4) is 0 Å². The summed E-state index contributed by atoms with van der Waals surface area (Å²) in [6, 6.07) is 11.5. The van der Waals surface area contributed by atoms with E-state index in [9.17, 15) is 24.9 Å². The van der Waals surface area contributed by atoms with Crippen molar-refractivity contribution >= 4 is 11.8 Å². The summed E-state index contributed by atoms with van der Waals surface area (Å²) in [7, 11) is 0. The van der Waals surface area contributed by atoms with E-state index < -0.39 is 24.0 Å².